The van der Waals surface area contributed by atoms with Crippen LogP contribution in [0.25, 0.3) is 6.08 Å². The molecule has 2 aromatic carbocycles. The van der Waals surface area contributed by atoms with Crippen LogP contribution in [-0.2, 0) is 4.79 Å². The van der Waals surface area contributed by atoms with E-state index in [2.05, 4.69) is 5.32 Å². The standard InChI is InChI=1S/C17H16ClN3O2/c1-11-6-8-12(9-7-11)16(22)20-15(17(23)21-19)10-13-4-2-3-5-14(13)18/h2-10H,19H2,1H3,(H,20,22)(H,21,23). The molecule has 0 atom stereocenters. The summed E-state index contributed by atoms with van der Waals surface area (Å²) in [6.45, 7) is 1.92. The first-order valence-corrected chi connectivity index (χ1v) is 7.24. The van der Waals surface area contributed by atoms with Gasteiger partial charge in [0.25, 0.3) is 11.8 Å². The minimum Gasteiger partial charge on any atom is -0.317 e. The second-order valence-corrected chi connectivity index (χ2v) is 5.28. The average molecular weight is 330 g/mol. The van der Waals surface area contributed by atoms with Crippen LogP contribution < -0.4 is 16.6 Å². The van der Waals surface area contributed by atoms with Crippen molar-refractivity contribution in [2.75, 3.05) is 0 Å². The molecule has 2 amide bonds. The van der Waals surface area contributed by atoms with Gasteiger partial charge in [0.2, 0.25) is 0 Å². The van der Waals surface area contributed by atoms with Crippen molar-refractivity contribution in [1.82, 2.24) is 10.7 Å². The number of benzene rings is 2. The second-order valence-electron chi connectivity index (χ2n) is 4.87. The Morgan fingerprint density at radius 1 is 1.09 bits per heavy atom. The molecular formula is C17H16ClN3O2. The summed E-state index contributed by atoms with van der Waals surface area (Å²) in [5, 5.41) is 3.01. The molecule has 6 heteroatoms. The Morgan fingerprint density at radius 3 is 2.35 bits per heavy atom. The lowest BCUT2D eigenvalue weighted by Gasteiger charge is -2.09. The Balaban J connectivity index is 2.29. The van der Waals surface area contributed by atoms with E-state index < -0.39 is 11.8 Å². The molecule has 2 aromatic rings. The van der Waals surface area contributed by atoms with Crippen molar-refractivity contribution in [2.24, 2.45) is 5.84 Å². The quantitative estimate of drug-likeness (QED) is 0.348. The van der Waals surface area contributed by atoms with E-state index in [-0.39, 0.29) is 5.70 Å². The van der Waals surface area contributed by atoms with Crippen LogP contribution in [0.4, 0.5) is 0 Å². The van der Waals surface area contributed by atoms with Gasteiger partial charge in [-0.05, 0) is 36.8 Å². The Bertz CT molecular complexity index is 755. The zero-order valence-corrected chi connectivity index (χ0v) is 13.2. The van der Waals surface area contributed by atoms with Crippen molar-refractivity contribution in [3.63, 3.8) is 0 Å². The van der Waals surface area contributed by atoms with Crippen LogP contribution in [0.2, 0.25) is 5.02 Å². The van der Waals surface area contributed by atoms with Crippen molar-refractivity contribution in [3.8, 4) is 0 Å². The predicted octanol–water partition coefficient (Wildman–Crippen LogP) is 2.41. The molecule has 0 fully saturated rings. The highest BCUT2D eigenvalue weighted by atomic mass is 35.5. The third kappa shape index (κ3) is 4.42. The first-order chi connectivity index (χ1) is 11.0. The van der Waals surface area contributed by atoms with E-state index in [1.165, 1.54) is 6.08 Å². The lowest BCUT2D eigenvalue weighted by molar-refractivity contribution is -0.117. The number of nitrogens with one attached hydrogen (secondary N) is 2. The smallest absolute Gasteiger partial charge is 0.281 e. The number of hydrazine groups is 1. The molecule has 4 N–H and O–H groups in total. The van der Waals surface area contributed by atoms with Crippen molar-refractivity contribution in [1.29, 1.82) is 0 Å². The molecule has 0 unspecified atom stereocenters. The summed E-state index contributed by atoms with van der Waals surface area (Å²) in [5.41, 5.74) is 4.08. The molecule has 0 radical (unpaired) electrons. The molecule has 0 heterocycles. The van der Waals surface area contributed by atoms with E-state index in [4.69, 9.17) is 17.4 Å². The normalized spacial score (nSPS) is 11.0. The Kier molecular flexibility index (Phi) is 5.51. The number of hydrogen-bond donors (Lipinski definition) is 3. The summed E-state index contributed by atoms with van der Waals surface area (Å²) in [5.74, 6) is 4.14. The molecule has 23 heavy (non-hydrogen) atoms. The van der Waals surface area contributed by atoms with Crippen LogP contribution in [0.3, 0.4) is 0 Å². The zero-order valence-electron chi connectivity index (χ0n) is 12.5. The summed E-state index contributed by atoms with van der Waals surface area (Å²) < 4.78 is 0. The van der Waals surface area contributed by atoms with Crippen LogP contribution >= 0.6 is 11.6 Å². The fraction of sp³-hybridized carbons (Fsp3) is 0.0588. The van der Waals surface area contributed by atoms with Gasteiger partial charge in [0.05, 0.1) is 0 Å². The van der Waals surface area contributed by atoms with Crippen molar-refractivity contribution in [2.45, 2.75) is 6.92 Å². The molecule has 0 bridgehead atoms. The minimum atomic E-state index is -0.620. The number of nitrogens with two attached hydrogens (primary N) is 1. The maximum absolute atomic E-state index is 12.3. The van der Waals surface area contributed by atoms with Crippen LogP contribution in [0.5, 0.6) is 0 Å². The third-order valence-corrected chi connectivity index (χ3v) is 3.49. The first-order valence-electron chi connectivity index (χ1n) is 6.86. The number of aryl methyl sites for hydroxylation is 1. The number of hydrogen-bond acceptors (Lipinski definition) is 3. The van der Waals surface area contributed by atoms with E-state index in [0.29, 0.717) is 16.1 Å². The molecule has 0 aliphatic heterocycles. The molecular weight excluding hydrogens is 314 g/mol. The number of carbonyl (C=O) groups is 2. The van der Waals surface area contributed by atoms with E-state index in [9.17, 15) is 9.59 Å². The summed E-state index contributed by atoms with van der Waals surface area (Å²) in [7, 11) is 0. The van der Waals surface area contributed by atoms with Gasteiger partial charge in [0.1, 0.15) is 5.70 Å². The van der Waals surface area contributed by atoms with Gasteiger partial charge in [-0.1, -0.05) is 47.5 Å². The Morgan fingerprint density at radius 2 is 1.74 bits per heavy atom. The van der Waals surface area contributed by atoms with Crippen LogP contribution in [0, 0.1) is 6.92 Å². The molecule has 2 rings (SSSR count). The summed E-state index contributed by atoms with van der Waals surface area (Å²) >= 11 is 6.07. The zero-order chi connectivity index (χ0) is 16.8. The Hall–Kier alpha value is -2.63. The molecule has 0 saturated carbocycles. The number of amides is 2. The van der Waals surface area contributed by atoms with E-state index in [1.54, 1.807) is 36.4 Å². The lowest BCUT2D eigenvalue weighted by atomic mass is 10.1. The van der Waals surface area contributed by atoms with Gasteiger partial charge in [-0.2, -0.15) is 0 Å². The fourth-order valence-electron chi connectivity index (χ4n) is 1.88. The van der Waals surface area contributed by atoms with Gasteiger partial charge in [-0.25, -0.2) is 5.84 Å². The average Bonchev–Trinajstić information content (AvgIpc) is 2.56. The fourth-order valence-corrected chi connectivity index (χ4v) is 2.07. The van der Waals surface area contributed by atoms with Gasteiger partial charge < -0.3 is 5.32 Å². The van der Waals surface area contributed by atoms with Gasteiger partial charge in [-0.15, -0.1) is 0 Å². The SMILES string of the molecule is Cc1ccc(C(=O)NC(=Cc2ccccc2Cl)C(=O)NN)cc1. The van der Waals surface area contributed by atoms with E-state index in [0.717, 1.165) is 5.56 Å². The maximum atomic E-state index is 12.3. The number of carbonyl (C=O) groups excluding carboxylic acids is 2. The van der Waals surface area contributed by atoms with Gasteiger partial charge in [0.15, 0.2) is 0 Å². The monoisotopic (exact) mass is 329 g/mol. The van der Waals surface area contributed by atoms with Crippen molar-refractivity contribution in [3.05, 3.63) is 75.9 Å². The highest BCUT2D eigenvalue weighted by molar-refractivity contribution is 6.32. The topological polar surface area (TPSA) is 84.2 Å². The maximum Gasteiger partial charge on any atom is 0.281 e. The van der Waals surface area contributed by atoms with Crippen LogP contribution in [0.1, 0.15) is 21.5 Å². The third-order valence-electron chi connectivity index (χ3n) is 3.14. The van der Waals surface area contributed by atoms with Gasteiger partial charge in [0, 0.05) is 10.6 Å². The summed E-state index contributed by atoms with van der Waals surface area (Å²) in [6.07, 6.45) is 1.47. The van der Waals surface area contributed by atoms with Crippen LogP contribution in [0.15, 0.2) is 54.2 Å². The lowest BCUT2D eigenvalue weighted by Crippen LogP contribution is -2.38. The van der Waals surface area contributed by atoms with Crippen molar-refractivity contribution < 1.29 is 9.59 Å². The van der Waals surface area contributed by atoms with E-state index >= 15 is 0 Å². The Labute approximate surface area is 139 Å². The second kappa shape index (κ2) is 7.58. The molecule has 0 aliphatic carbocycles. The van der Waals surface area contributed by atoms with Gasteiger partial charge >= 0.3 is 0 Å². The number of rotatable bonds is 4. The van der Waals surface area contributed by atoms with Crippen LogP contribution in [-0.4, -0.2) is 11.8 Å². The molecule has 0 saturated heterocycles. The minimum absolute atomic E-state index is 0.00572. The molecule has 118 valence electrons. The van der Waals surface area contributed by atoms with Gasteiger partial charge in [-0.3, -0.25) is 15.0 Å². The molecule has 0 aromatic heterocycles. The largest absolute Gasteiger partial charge is 0.317 e. The highest BCUT2D eigenvalue weighted by Gasteiger charge is 2.14. The van der Waals surface area contributed by atoms with Crippen molar-refractivity contribution >= 4 is 29.5 Å². The molecule has 0 aliphatic rings. The highest BCUT2D eigenvalue weighted by Crippen LogP contribution is 2.18. The predicted molar refractivity (Wildman–Crippen MR) is 90.4 cm³/mol. The summed E-state index contributed by atoms with van der Waals surface area (Å²) in [6, 6.07) is 13.9. The molecule has 5 nitrogen and oxygen atoms in total. The first kappa shape index (κ1) is 16.7. The molecule has 0 spiro atoms. The van der Waals surface area contributed by atoms with E-state index in [1.807, 2.05) is 24.5 Å². The number of halogens is 1. The summed E-state index contributed by atoms with van der Waals surface area (Å²) in [4.78, 5) is 24.1.